The first-order valence-corrected chi connectivity index (χ1v) is 13.2. The van der Waals surface area contributed by atoms with Crippen LogP contribution < -0.4 is 15.4 Å². The summed E-state index contributed by atoms with van der Waals surface area (Å²) >= 11 is 0. The molecule has 0 bridgehead atoms. The monoisotopic (exact) mass is 486 g/mol. The Labute approximate surface area is 209 Å². The summed E-state index contributed by atoms with van der Waals surface area (Å²) in [6.07, 6.45) is 6.87. The Kier molecular flexibility index (Phi) is 8.55. The van der Waals surface area contributed by atoms with Crippen molar-refractivity contribution >= 4 is 17.6 Å². The van der Waals surface area contributed by atoms with Gasteiger partial charge in [0.25, 0.3) is 5.91 Å². The number of methoxy groups -OCH3 is 1. The fraction of sp³-hybridized carbons (Fsp3) is 0.704. The minimum absolute atomic E-state index is 0.0693. The molecule has 0 radical (unpaired) electrons. The van der Waals surface area contributed by atoms with Gasteiger partial charge in [-0.15, -0.1) is 0 Å². The van der Waals surface area contributed by atoms with Gasteiger partial charge in [0.05, 0.1) is 11.7 Å². The molecule has 2 N–H and O–H groups in total. The number of ether oxygens (including phenoxy) is 2. The van der Waals surface area contributed by atoms with E-state index in [1.54, 1.807) is 37.3 Å². The zero-order chi connectivity index (χ0) is 24.9. The first kappa shape index (κ1) is 25.8. The molecule has 1 heterocycles. The molecule has 3 aliphatic rings. The van der Waals surface area contributed by atoms with E-state index in [4.69, 9.17) is 9.47 Å². The summed E-state index contributed by atoms with van der Waals surface area (Å²) < 4.78 is 12.1. The minimum Gasteiger partial charge on any atom is -0.491 e. The Balaban J connectivity index is 1.54. The van der Waals surface area contributed by atoms with Gasteiger partial charge in [-0.05, 0) is 62.6 Å². The van der Waals surface area contributed by atoms with Gasteiger partial charge in [0.1, 0.15) is 12.4 Å². The van der Waals surface area contributed by atoms with Gasteiger partial charge in [-0.1, -0.05) is 19.8 Å². The second-order valence-electron chi connectivity index (χ2n) is 10.8. The van der Waals surface area contributed by atoms with Crippen molar-refractivity contribution in [3.63, 3.8) is 0 Å². The van der Waals surface area contributed by atoms with Crippen molar-refractivity contribution in [2.24, 2.45) is 11.8 Å². The van der Waals surface area contributed by atoms with Gasteiger partial charge in [-0.2, -0.15) is 0 Å². The maximum Gasteiger partial charge on any atom is 0.319 e. The molecule has 194 valence electrons. The Hall–Kier alpha value is -2.32. The third-order valence-corrected chi connectivity index (χ3v) is 7.71. The van der Waals surface area contributed by atoms with Crippen LogP contribution in [0, 0.1) is 11.8 Å². The lowest BCUT2D eigenvalue weighted by Crippen LogP contribution is -2.47. The van der Waals surface area contributed by atoms with E-state index in [2.05, 4.69) is 29.4 Å². The molecule has 2 fully saturated rings. The first-order chi connectivity index (χ1) is 16.8. The standard InChI is InChI=1S/C27H42N4O4/c1-18-14-31(15-20-9-10-20)19(2)17-35-24-12-11-22(29-27(33)28-21-7-5-6-8-21)13-23(24)26(32)30(3)16-25(18)34-4/h11-13,18-21,25H,5-10,14-17H2,1-4H3,(H2,28,29,33)/t18-,19+,25-/m0/s1. The number of nitrogens with one attached hydrogen (secondary N) is 2. The zero-order valence-corrected chi connectivity index (χ0v) is 21.7. The number of anilines is 1. The van der Waals surface area contributed by atoms with Crippen molar-refractivity contribution in [2.45, 2.75) is 70.6 Å². The molecule has 1 aliphatic heterocycles. The number of hydrogen-bond donors (Lipinski definition) is 2. The van der Waals surface area contributed by atoms with Crippen molar-refractivity contribution < 1.29 is 19.1 Å². The third kappa shape index (κ3) is 6.88. The van der Waals surface area contributed by atoms with E-state index < -0.39 is 0 Å². The molecule has 0 aromatic heterocycles. The summed E-state index contributed by atoms with van der Waals surface area (Å²) in [5, 5.41) is 5.94. The molecule has 8 nitrogen and oxygen atoms in total. The number of carbonyl (C=O) groups is 2. The number of benzene rings is 1. The SMILES string of the molecule is CO[C@H]1CN(C)C(=O)c2cc(NC(=O)NC3CCCC3)ccc2OC[C@@H](C)N(CC2CC2)C[C@@H]1C. The molecule has 3 amide bonds. The lowest BCUT2D eigenvalue weighted by atomic mass is 10.0. The van der Waals surface area contributed by atoms with Crippen molar-refractivity contribution in [3.8, 4) is 5.75 Å². The van der Waals surface area contributed by atoms with Gasteiger partial charge in [0, 0.05) is 51.6 Å². The van der Waals surface area contributed by atoms with Crippen LogP contribution in [0.4, 0.5) is 10.5 Å². The molecule has 35 heavy (non-hydrogen) atoms. The fourth-order valence-corrected chi connectivity index (χ4v) is 5.24. The van der Waals surface area contributed by atoms with E-state index in [-0.39, 0.29) is 36.0 Å². The number of rotatable bonds is 5. The van der Waals surface area contributed by atoms with Crippen molar-refractivity contribution in [1.29, 1.82) is 0 Å². The van der Waals surface area contributed by atoms with Gasteiger partial charge < -0.3 is 25.0 Å². The van der Waals surface area contributed by atoms with E-state index >= 15 is 0 Å². The molecular formula is C27H42N4O4. The number of carbonyl (C=O) groups excluding carboxylic acids is 2. The van der Waals surface area contributed by atoms with Crippen LogP contribution in [0.25, 0.3) is 0 Å². The highest BCUT2D eigenvalue weighted by Gasteiger charge is 2.31. The van der Waals surface area contributed by atoms with Crippen LogP contribution in [0.2, 0.25) is 0 Å². The zero-order valence-electron chi connectivity index (χ0n) is 21.7. The molecule has 0 spiro atoms. The van der Waals surface area contributed by atoms with Crippen molar-refractivity contribution in [2.75, 3.05) is 45.7 Å². The molecule has 2 aliphatic carbocycles. The largest absolute Gasteiger partial charge is 0.491 e. The molecule has 1 aromatic rings. The molecule has 8 heteroatoms. The van der Waals surface area contributed by atoms with Crippen LogP contribution in [-0.4, -0.2) is 80.3 Å². The van der Waals surface area contributed by atoms with Gasteiger partial charge in [-0.3, -0.25) is 9.69 Å². The Morgan fingerprint density at radius 3 is 2.57 bits per heavy atom. The number of amides is 3. The summed E-state index contributed by atoms with van der Waals surface area (Å²) in [6.45, 7) is 7.36. The maximum atomic E-state index is 13.5. The molecule has 3 atom stereocenters. The van der Waals surface area contributed by atoms with Crippen LogP contribution in [0.15, 0.2) is 18.2 Å². The highest BCUT2D eigenvalue weighted by molar-refractivity contribution is 5.99. The van der Waals surface area contributed by atoms with Gasteiger partial charge in [-0.25, -0.2) is 4.79 Å². The molecular weight excluding hydrogens is 444 g/mol. The quantitative estimate of drug-likeness (QED) is 0.658. The average molecular weight is 487 g/mol. The van der Waals surface area contributed by atoms with E-state index in [1.807, 2.05) is 0 Å². The van der Waals surface area contributed by atoms with Crippen LogP contribution in [0.5, 0.6) is 5.75 Å². The maximum absolute atomic E-state index is 13.5. The summed E-state index contributed by atoms with van der Waals surface area (Å²) in [4.78, 5) is 30.2. The predicted molar refractivity (Wildman–Crippen MR) is 137 cm³/mol. The Morgan fingerprint density at radius 2 is 1.89 bits per heavy atom. The molecule has 1 aromatic carbocycles. The summed E-state index contributed by atoms with van der Waals surface area (Å²) in [5.74, 6) is 1.45. The van der Waals surface area contributed by atoms with Gasteiger partial charge in [0.15, 0.2) is 0 Å². The van der Waals surface area contributed by atoms with Crippen LogP contribution in [0.3, 0.4) is 0 Å². The Morgan fingerprint density at radius 1 is 1.14 bits per heavy atom. The van der Waals surface area contributed by atoms with Gasteiger partial charge >= 0.3 is 6.03 Å². The summed E-state index contributed by atoms with van der Waals surface area (Å²) in [7, 11) is 3.52. The third-order valence-electron chi connectivity index (χ3n) is 7.71. The smallest absolute Gasteiger partial charge is 0.319 e. The summed E-state index contributed by atoms with van der Waals surface area (Å²) in [5.41, 5.74) is 1.03. The van der Waals surface area contributed by atoms with Gasteiger partial charge in [0.2, 0.25) is 0 Å². The fourth-order valence-electron chi connectivity index (χ4n) is 5.24. The normalized spacial score (nSPS) is 26.9. The summed E-state index contributed by atoms with van der Waals surface area (Å²) in [6, 6.07) is 5.54. The second kappa shape index (κ2) is 11.6. The minimum atomic E-state index is -0.232. The van der Waals surface area contributed by atoms with Crippen LogP contribution in [-0.2, 0) is 4.74 Å². The van der Waals surface area contributed by atoms with E-state index in [9.17, 15) is 9.59 Å². The number of fused-ring (bicyclic) bond motifs is 1. The lowest BCUT2D eigenvalue weighted by molar-refractivity contribution is 0.00994. The van der Waals surface area contributed by atoms with Crippen LogP contribution >= 0.6 is 0 Å². The van der Waals surface area contributed by atoms with Crippen molar-refractivity contribution in [3.05, 3.63) is 23.8 Å². The number of nitrogens with zero attached hydrogens (tertiary/aromatic N) is 2. The molecule has 2 saturated carbocycles. The topological polar surface area (TPSA) is 83.1 Å². The number of likely N-dealkylation sites (N-methyl/N-ethyl adjacent to an activating group) is 1. The molecule has 0 saturated heterocycles. The van der Waals surface area contributed by atoms with E-state index in [0.29, 0.717) is 30.2 Å². The second-order valence-corrected chi connectivity index (χ2v) is 10.8. The molecule has 0 unspecified atom stereocenters. The Bertz CT molecular complexity index is 884. The number of hydrogen-bond acceptors (Lipinski definition) is 5. The molecule has 4 rings (SSSR count). The first-order valence-electron chi connectivity index (χ1n) is 13.2. The predicted octanol–water partition coefficient (Wildman–Crippen LogP) is 3.97. The van der Waals surface area contributed by atoms with E-state index in [0.717, 1.165) is 44.7 Å². The van der Waals surface area contributed by atoms with Crippen molar-refractivity contribution in [1.82, 2.24) is 15.1 Å². The van der Waals surface area contributed by atoms with E-state index in [1.165, 1.54) is 12.8 Å². The number of urea groups is 1. The highest BCUT2D eigenvalue weighted by atomic mass is 16.5. The average Bonchev–Trinajstić information content (AvgIpc) is 3.51. The lowest BCUT2D eigenvalue weighted by Gasteiger charge is -2.36. The van der Waals surface area contributed by atoms with Crippen LogP contribution in [0.1, 0.15) is 62.7 Å². The highest BCUT2D eigenvalue weighted by Crippen LogP contribution is 2.32.